The van der Waals surface area contributed by atoms with Crippen LogP contribution in [0.5, 0.6) is 0 Å². The largest absolute Gasteiger partial charge is 0.407 e. The highest BCUT2D eigenvalue weighted by molar-refractivity contribution is 6.16. The van der Waals surface area contributed by atoms with Crippen LogP contribution >= 0.6 is 11.6 Å². The van der Waals surface area contributed by atoms with Crippen molar-refractivity contribution in [1.29, 1.82) is 0 Å². The van der Waals surface area contributed by atoms with Crippen LogP contribution in [0.15, 0.2) is 4.42 Å². The minimum atomic E-state index is -0.0195. The highest BCUT2D eigenvalue weighted by Crippen LogP contribution is 2.24. The van der Waals surface area contributed by atoms with Crippen molar-refractivity contribution in [1.82, 2.24) is 10.2 Å². The minimum absolute atomic E-state index is 0.0195. The van der Waals surface area contributed by atoms with Gasteiger partial charge in [0, 0.05) is 18.8 Å². The van der Waals surface area contributed by atoms with Gasteiger partial charge in [-0.05, 0) is 19.8 Å². The molecule has 0 bridgehead atoms. The predicted octanol–water partition coefficient (Wildman–Crippen LogP) is 1.79. The zero-order valence-electron chi connectivity index (χ0n) is 8.62. The number of alkyl halides is 1. The van der Waals surface area contributed by atoms with Gasteiger partial charge >= 0.3 is 6.01 Å². The van der Waals surface area contributed by atoms with Crippen LogP contribution in [-0.2, 0) is 10.6 Å². The molecule has 0 saturated carbocycles. The Kier molecular flexibility index (Phi) is 3.11. The van der Waals surface area contributed by atoms with Gasteiger partial charge in [-0.25, -0.2) is 0 Å². The molecule has 1 N–H and O–H groups in total. The summed E-state index contributed by atoms with van der Waals surface area (Å²) >= 11 is 5.57. The van der Waals surface area contributed by atoms with E-state index >= 15 is 0 Å². The number of nitrogens with zero attached hydrogens (tertiary/aromatic N) is 2. The van der Waals surface area contributed by atoms with Crippen LogP contribution in [0.4, 0.5) is 6.01 Å². The molecular weight excluding hydrogens is 218 g/mol. The fourth-order valence-corrected chi connectivity index (χ4v) is 1.67. The van der Waals surface area contributed by atoms with E-state index in [2.05, 4.69) is 22.4 Å². The molecule has 0 amide bonds. The molecular formula is C9H14ClN3O2. The lowest BCUT2D eigenvalue weighted by Gasteiger charge is -2.33. The van der Waals surface area contributed by atoms with E-state index < -0.39 is 0 Å². The third kappa shape index (κ3) is 2.60. The van der Waals surface area contributed by atoms with Gasteiger partial charge < -0.3 is 14.5 Å². The summed E-state index contributed by atoms with van der Waals surface area (Å²) in [5.41, 5.74) is -0.0195. The lowest BCUT2D eigenvalue weighted by molar-refractivity contribution is 0.0650. The Morgan fingerprint density at radius 3 is 2.73 bits per heavy atom. The molecule has 84 valence electrons. The Morgan fingerprint density at radius 1 is 1.40 bits per heavy atom. The molecule has 6 heteroatoms. The van der Waals surface area contributed by atoms with Crippen molar-refractivity contribution in [2.75, 3.05) is 18.5 Å². The van der Waals surface area contributed by atoms with E-state index in [-0.39, 0.29) is 11.4 Å². The predicted molar refractivity (Wildman–Crippen MR) is 55.9 cm³/mol. The summed E-state index contributed by atoms with van der Waals surface area (Å²) < 4.78 is 10.6. The van der Waals surface area contributed by atoms with Gasteiger partial charge in [0.1, 0.15) is 5.88 Å². The highest BCUT2D eigenvalue weighted by Gasteiger charge is 2.28. The van der Waals surface area contributed by atoms with Crippen LogP contribution in [0, 0.1) is 0 Å². The summed E-state index contributed by atoms with van der Waals surface area (Å²) in [6.07, 6.45) is 1.87. The van der Waals surface area contributed by atoms with Gasteiger partial charge in [0.15, 0.2) is 0 Å². The molecule has 0 atom stereocenters. The zero-order valence-corrected chi connectivity index (χ0v) is 9.38. The molecule has 15 heavy (non-hydrogen) atoms. The molecule has 0 radical (unpaired) electrons. The number of hydrogen-bond acceptors (Lipinski definition) is 5. The normalized spacial score (nSPS) is 20.1. The van der Waals surface area contributed by atoms with Gasteiger partial charge in [-0.15, -0.1) is 16.7 Å². The van der Waals surface area contributed by atoms with Crippen molar-refractivity contribution in [2.45, 2.75) is 31.2 Å². The van der Waals surface area contributed by atoms with E-state index in [1.54, 1.807) is 0 Å². The lowest BCUT2D eigenvalue weighted by Crippen LogP contribution is -2.40. The number of hydrogen-bond donors (Lipinski definition) is 1. The Bertz CT molecular complexity index is 323. The van der Waals surface area contributed by atoms with Gasteiger partial charge in [0.05, 0.1) is 0 Å². The molecule has 2 heterocycles. The number of nitrogens with one attached hydrogen (secondary N) is 1. The van der Waals surface area contributed by atoms with E-state index in [9.17, 15) is 0 Å². The van der Waals surface area contributed by atoms with E-state index in [1.165, 1.54) is 0 Å². The van der Waals surface area contributed by atoms with E-state index in [0.717, 1.165) is 26.1 Å². The SMILES string of the molecule is CC1(Nc2nnc(CCl)o2)CCOCC1. The molecule has 0 spiro atoms. The molecule has 1 aromatic heterocycles. The lowest BCUT2D eigenvalue weighted by atomic mass is 9.93. The molecule has 5 nitrogen and oxygen atoms in total. The first-order chi connectivity index (χ1) is 7.22. The van der Waals surface area contributed by atoms with E-state index in [0.29, 0.717) is 11.9 Å². The first kappa shape index (κ1) is 10.7. The van der Waals surface area contributed by atoms with Gasteiger partial charge in [-0.3, -0.25) is 0 Å². The van der Waals surface area contributed by atoms with Crippen LogP contribution in [0.1, 0.15) is 25.7 Å². The van der Waals surface area contributed by atoms with Crippen LogP contribution in [0.2, 0.25) is 0 Å². The summed E-state index contributed by atoms with van der Waals surface area (Å²) in [5.74, 6) is 0.684. The van der Waals surface area contributed by atoms with Crippen molar-refractivity contribution in [3.8, 4) is 0 Å². The molecule has 2 rings (SSSR count). The maximum Gasteiger partial charge on any atom is 0.315 e. The van der Waals surface area contributed by atoms with Gasteiger partial charge in [-0.1, -0.05) is 5.10 Å². The monoisotopic (exact) mass is 231 g/mol. The molecule has 0 aromatic carbocycles. The van der Waals surface area contributed by atoms with Crippen molar-refractivity contribution >= 4 is 17.6 Å². The summed E-state index contributed by atoms with van der Waals surface area (Å²) in [4.78, 5) is 0. The summed E-state index contributed by atoms with van der Waals surface area (Å²) in [7, 11) is 0. The van der Waals surface area contributed by atoms with Gasteiger partial charge in [0.25, 0.3) is 0 Å². The van der Waals surface area contributed by atoms with Crippen LogP contribution < -0.4 is 5.32 Å². The van der Waals surface area contributed by atoms with Crippen molar-refractivity contribution < 1.29 is 9.15 Å². The standard InChI is InChI=1S/C9H14ClN3O2/c1-9(2-4-14-5-3-9)11-8-13-12-7(6-10)15-8/h2-6H2,1H3,(H,11,13). The summed E-state index contributed by atoms with van der Waals surface area (Å²) in [6.45, 7) is 3.65. The van der Waals surface area contributed by atoms with Gasteiger partial charge in [-0.2, -0.15) is 0 Å². The molecule has 1 aliphatic heterocycles. The molecule has 1 aliphatic rings. The summed E-state index contributed by atoms with van der Waals surface area (Å²) in [5, 5.41) is 10.9. The zero-order chi connectivity index (χ0) is 10.7. The van der Waals surface area contributed by atoms with E-state index in [4.69, 9.17) is 20.8 Å². The summed E-state index contributed by atoms with van der Waals surface area (Å²) in [6, 6.07) is 0.440. The molecule has 1 fully saturated rings. The first-order valence-corrected chi connectivity index (χ1v) is 5.50. The number of anilines is 1. The fraction of sp³-hybridized carbons (Fsp3) is 0.778. The molecule has 1 aromatic rings. The fourth-order valence-electron chi connectivity index (χ4n) is 1.56. The molecule has 0 aliphatic carbocycles. The Balaban J connectivity index is 2.00. The number of rotatable bonds is 3. The second kappa shape index (κ2) is 4.37. The maximum absolute atomic E-state index is 5.57. The van der Waals surface area contributed by atoms with Crippen LogP contribution in [-0.4, -0.2) is 29.0 Å². The second-order valence-electron chi connectivity index (χ2n) is 3.93. The maximum atomic E-state index is 5.57. The van der Waals surface area contributed by atoms with Crippen LogP contribution in [0.3, 0.4) is 0 Å². The minimum Gasteiger partial charge on any atom is -0.407 e. The smallest absolute Gasteiger partial charge is 0.315 e. The van der Waals surface area contributed by atoms with Crippen molar-refractivity contribution in [3.63, 3.8) is 0 Å². The number of aromatic nitrogens is 2. The van der Waals surface area contributed by atoms with Crippen molar-refractivity contribution in [2.24, 2.45) is 0 Å². The highest BCUT2D eigenvalue weighted by atomic mass is 35.5. The molecule has 1 saturated heterocycles. The Morgan fingerprint density at radius 2 is 2.13 bits per heavy atom. The number of ether oxygens (including phenoxy) is 1. The number of halogens is 1. The Hall–Kier alpha value is -0.810. The second-order valence-corrected chi connectivity index (χ2v) is 4.20. The quantitative estimate of drug-likeness (QED) is 0.804. The van der Waals surface area contributed by atoms with Crippen molar-refractivity contribution in [3.05, 3.63) is 5.89 Å². The van der Waals surface area contributed by atoms with Gasteiger partial charge in [0.2, 0.25) is 5.89 Å². The Labute approximate surface area is 93.1 Å². The van der Waals surface area contributed by atoms with Crippen LogP contribution in [0.25, 0.3) is 0 Å². The first-order valence-electron chi connectivity index (χ1n) is 4.96. The topological polar surface area (TPSA) is 60.2 Å². The van der Waals surface area contributed by atoms with E-state index in [1.807, 2.05) is 0 Å². The third-order valence-electron chi connectivity index (χ3n) is 2.59. The average Bonchev–Trinajstić information content (AvgIpc) is 2.66. The molecule has 0 unspecified atom stereocenters. The third-order valence-corrected chi connectivity index (χ3v) is 2.81. The average molecular weight is 232 g/mol.